The number of methoxy groups -OCH3 is 1. The first-order valence-electron chi connectivity index (χ1n) is 12.2. The van der Waals surface area contributed by atoms with Crippen LogP contribution >= 0.6 is 0 Å². The van der Waals surface area contributed by atoms with Crippen LogP contribution in [-0.4, -0.2) is 80.7 Å². The lowest BCUT2D eigenvalue weighted by molar-refractivity contribution is 0.0644. The maximum absolute atomic E-state index is 13.5. The van der Waals surface area contributed by atoms with Gasteiger partial charge in [0.05, 0.1) is 37.4 Å². The van der Waals surface area contributed by atoms with E-state index in [1.165, 1.54) is 35.7 Å². The standard InChI is InChI=1S/C26H36N2O8S/c1-18(2)15-28(37(32,33)23-10-8-21(34-3)9-11-23)16-25(30)24(14-19-4-6-20(29)7-5-19)27-26(31)36-22-12-13-35-17-22/h4-11,18,22,24-25,29-30H,12-17H2,1-3H3,(H,27,31)/t22-,24+,25-/m1/s1. The van der Waals surface area contributed by atoms with Gasteiger partial charge in [0.15, 0.2) is 0 Å². The predicted octanol–water partition coefficient (Wildman–Crippen LogP) is 2.53. The summed E-state index contributed by atoms with van der Waals surface area (Å²) in [5.74, 6) is 0.595. The summed E-state index contributed by atoms with van der Waals surface area (Å²) in [6.07, 6.45) is -1.57. The molecular formula is C26H36N2O8S. The molecule has 0 radical (unpaired) electrons. The van der Waals surface area contributed by atoms with Crippen molar-refractivity contribution in [1.82, 2.24) is 9.62 Å². The Hall–Kier alpha value is -2.86. The van der Waals surface area contributed by atoms with Crippen molar-refractivity contribution in [3.63, 3.8) is 0 Å². The number of carbonyl (C=O) groups is 1. The minimum Gasteiger partial charge on any atom is -0.508 e. The smallest absolute Gasteiger partial charge is 0.407 e. The van der Waals surface area contributed by atoms with Crippen molar-refractivity contribution in [2.75, 3.05) is 33.4 Å². The normalized spacial score (nSPS) is 17.5. The Balaban J connectivity index is 1.81. The molecule has 0 unspecified atom stereocenters. The zero-order valence-corrected chi connectivity index (χ0v) is 22.2. The van der Waals surface area contributed by atoms with Crippen LogP contribution in [0.1, 0.15) is 25.8 Å². The first-order chi connectivity index (χ1) is 17.6. The van der Waals surface area contributed by atoms with Gasteiger partial charge in [-0.05, 0) is 54.3 Å². The van der Waals surface area contributed by atoms with E-state index in [1.807, 2.05) is 13.8 Å². The lowest BCUT2D eigenvalue weighted by Crippen LogP contribution is -2.51. The van der Waals surface area contributed by atoms with E-state index < -0.39 is 28.3 Å². The number of hydrogen-bond acceptors (Lipinski definition) is 8. The Labute approximate surface area is 218 Å². The van der Waals surface area contributed by atoms with Crippen LogP contribution in [0, 0.1) is 5.92 Å². The van der Waals surface area contributed by atoms with E-state index in [1.54, 1.807) is 24.3 Å². The van der Waals surface area contributed by atoms with Gasteiger partial charge in [0.2, 0.25) is 10.0 Å². The number of phenolic OH excluding ortho intramolecular Hbond substituents is 1. The van der Waals surface area contributed by atoms with E-state index in [0.29, 0.717) is 25.4 Å². The van der Waals surface area contributed by atoms with Crippen LogP contribution in [-0.2, 0) is 25.9 Å². The van der Waals surface area contributed by atoms with Crippen molar-refractivity contribution in [3.8, 4) is 11.5 Å². The molecule has 1 aliphatic rings. The van der Waals surface area contributed by atoms with Crippen LogP contribution in [0.5, 0.6) is 11.5 Å². The Morgan fingerprint density at radius 2 is 1.81 bits per heavy atom. The summed E-state index contributed by atoms with van der Waals surface area (Å²) in [5.41, 5.74) is 0.736. The third-order valence-electron chi connectivity index (χ3n) is 5.98. The van der Waals surface area contributed by atoms with Crippen LogP contribution < -0.4 is 10.1 Å². The van der Waals surface area contributed by atoms with Crippen molar-refractivity contribution >= 4 is 16.1 Å². The van der Waals surface area contributed by atoms with E-state index in [9.17, 15) is 23.4 Å². The van der Waals surface area contributed by atoms with Gasteiger partial charge in [0.1, 0.15) is 17.6 Å². The number of alkyl carbamates (subject to hydrolysis) is 1. The average molecular weight is 537 g/mol. The second-order valence-corrected chi connectivity index (χ2v) is 11.4. The van der Waals surface area contributed by atoms with Gasteiger partial charge in [-0.2, -0.15) is 4.31 Å². The molecule has 0 aromatic heterocycles. The van der Waals surface area contributed by atoms with Crippen molar-refractivity contribution in [2.24, 2.45) is 5.92 Å². The van der Waals surface area contributed by atoms with Crippen LogP contribution in [0.25, 0.3) is 0 Å². The van der Waals surface area contributed by atoms with Gasteiger partial charge in [-0.3, -0.25) is 0 Å². The fraction of sp³-hybridized carbons (Fsp3) is 0.500. The number of aliphatic hydroxyl groups is 1. The third kappa shape index (κ3) is 8.32. The number of aliphatic hydroxyl groups excluding tert-OH is 1. The molecule has 1 fully saturated rings. The molecule has 11 heteroatoms. The molecule has 204 valence electrons. The van der Waals surface area contributed by atoms with Gasteiger partial charge >= 0.3 is 6.09 Å². The molecular weight excluding hydrogens is 500 g/mol. The molecule has 1 heterocycles. The topological polar surface area (TPSA) is 135 Å². The van der Waals surface area contributed by atoms with Gasteiger partial charge in [-0.25, -0.2) is 13.2 Å². The second-order valence-electron chi connectivity index (χ2n) is 9.47. The molecule has 1 amide bonds. The van der Waals surface area contributed by atoms with E-state index >= 15 is 0 Å². The van der Waals surface area contributed by atoms with Crippen LogP contribution in [0.4, 0.5) is 4.79 Å². The molecule has 3 rings (SSSR count). The summed E-state index contributed by atoms with van der Waals surface area (Å²) in [5, 5.41) is 23.6. The lowest BCUT2D eigenvalue weighted by atomic mass is 10.0. The Morgan fingerprint density at radius 1 is 1.14 bits per heavy atom. The second kappa shape index (κ2) is 13.1. The first kappa shape index (κ1) is 28.7. The molecule has 0 saturated carbocycles. The van der Waals surface area contributed by atoms with Crippen molar-refractivity contribution in [1.29, 1.82) is 0 Å². The molecule has 2 aromatic carbocycles. The number of nitrogens with one attached hydrogen (secondary N) is 1. The average Bonchev–Trinajstić information content (AvgIpc) is 3.37. The molecule has 0 aliphatic carbocycles. The minimum atomic E-state index is -3.95. The summed E-state index contributed by atoms with van der Waals surface area (Å²) in [4.78, 5) is 12.7. The van der Waals surface area contributed by atoms with E-state index in [2.05, 4.69) is 5.32 Å². The van der Waals surface area contributed by atoms with E-state index in [0.717, 1.165) is 5.56 Å². The van der Waals surface area contributed by atoms with Crippen molar-refractivity contribution < 1.29 is 37.6 Å². The maximum Gasteiger partial charge on any atom is 0.407 e. The third-order valence-corrected chi connectivity index (χ3v) is 7.82. The number of nitrogens with zero attached hydrogens (tertiary/aromatic N) is 1. The Morgan fingerprint density at radius 3 is 2.38 bits per heavy atom. The highest BCUT2D eigenvalue weighted by molar-refractivity contribution is 7.89. The molecule has 1 saturated heterocycles. The highest BCUT2D eigenvalue weighted by Gasteiger charge is 2.32. The zero-order valence-electron chi connectivity index (χ0n) is 21.4. The minimum absolute atomic E-state index is 0.0175. The number of benzene rings is 2. The zero-order chi connectivity index (χ0) is 27.0. The van der Waals surface area contributed by atoms with Gasteiger partial charge in [-0.1, -0.05) is 26.0 Å². The summed E-state index contributed by atoms with van der Waals surface area (Å²) in [6, 6.07) is 11.5. The summed E-state index contributed by atoms with van der Waals surface area (Å²) >= 11 is 0. The molecule has 1 aliphatic heterocycles. The molecule has 0 spiro atoms. The molecule has 0 bridgehead atoms. The predicted molar refractivity (Wildman–Crippen MR) is 137 cm³/mol. The number of phenols is 1. The largest absolute Gasteiger partial charge is 0.508 e. The summed E-state index contributed by atoms with van der Waals surface area (Å²) in [7, 11) is -2.45. The molecule has 37 heavy (non-hydrogen) atoms. The van der Waals surface area contributed by atoms with Gasteiger partial charge in [0.25, 0.3) is 0 Å². The number of rotatable bonds is 12. The van der Waals surface area contributed by atoms with Crippen LogP contribution in [0.3, 0.4) is 0 Å². The monoisotopic (exact) mass is 536 g/mol. The van der Waals surface area contributed by atoms with Crippen molar-refractivity contribution in [2.45, 2.75) is 49.8 Å². The fourth-order valence-electron chi connectivity index (χ4n) is 4.02. The highest BCUT2D eigenvalue weighted by atomic mass is 32.2. The van der Waals surface area contributed by atoms with Gasteiger partial charge < -0.3 is 29.7 Å². The number of amides is 1. The first-order valence-corrected chi connectivity index (χ1v) is 13.7. The number of ether oxygens (including phenoxy) is 3. The van der Waals surface area contributed by atoms with E-state index in [-0.39, 0.29) is 42.2 Å². The maximum atomic E-state index is 13.5. The van der Waals surface area contributed by atoms with Gasteiger partial charge in [-0.15, -0.1) is 0 Å². The highest BCUT2D eigenvalue weighted by Crippen LogP contribution is 2.22. The lowest BCUT2D eigenvalue weighted by Gasteiger charge is -2.30. The summed E-state index contributed by atoms with van der Waals surface area (Å²) in [6.45, 7) is 4.50. The van der Waals surface area contributed by atoms with Crippen LogP contribution in [0.2, 0.25) is 0 Å². The number of hydrogen-bond donors (Lipinski definition) is 3. The number of carbonyl (C=O) groups excluding carboxylic acids is 1. The Kier molecular flexibility index (Phi) is 10.2. The molecule has 2 aromatic rings. The van der Waals surface area contributed by atoms with Crippen molar-refractivity contribution in [3.05, 3.63) is 54.1 Å². The number of sulfonamides is 1. The molecule has 10 nitrogen and oxygen atoms in total. The molecule has 3 N–H and O–H groups in total. The van der Waals surface area contributed by atoms with Gasteiger partial charge in [0, 0.05) is 19.5 Å². The SMILES string of the molecule is COc1ccc(S(=O)(=O)N(CC(C)C)C[C@@H](O)[C@H](Cc2ccc(O)cc2)NC(=O)O[C@@H]2CCOC2)cc1. The quantitative estimate of drug-likeness (QED) is 0.377. The fourth-order valence-corrected chi connectivity index (χ4v) is 5.64. The number of aromatic hydroxyl groups is 1. The van der Waals surface area contributed by atoms with Crippen LogP contribution in [0.15, 0.2) is 53.4 Å². The van der Waals surface area contributed by atoms with E-state index in [4.69, 9.17) is 14.2 Å². The summed E-state index contributed by atoms with van der Waals surface area (Å²) < 4.78 is 44.0. The Bertz CT molecular complexity index is 1100. The molecule has 3 atom stereocenters.